The van der Waals surface area contributed by atoms with Crippen molar-refractivity contribution in [1.29, 1.82) is 0 Å². The van der Waals surface area contributed by atoms with Crippen molar-refractivity contribution in [3.05, 3.63) is 75.0 Å². The number of fused-ring (bicyclic) bond motifs is 1. The second-order valence-electron chi connectivity index (χ2n) is 8.09. The molecule has 2 aliphatic rings. The molecule has 11 heteroatoms. The third-order valence-corrected chi connectivity index (χ3v) is 5.89. The number of hydrogen-bond acceptors (Lipinski definition) is 5. The maximum Gasteiger partial charge on any atom is 0.435 e. The van der Waals surface area contributed by atoms with Crippen molar-refractivity contribution in [1.82, 2.24) is 15.2 Å². The lowest BCUT2D eigenvalue weighted by atomic mass is 9.89. The van der Waals surface area contributed by atoms with Crippen molar-refractivity contribution in [2.24, 2.45) is 5.16 Å². The van der Waals surface area contributed by atoms with Gasteiger partial charge >= 0.3 is 6.18 Å². The smallest absolute Gasteiger partial charge is 0.372 e. The number of rotatable bonds is 4. The fourth-order valence-electron chi connectivity index (χ4n) is 3.76. The van der Waals surface area contributed by atoms with Crippen molar-refractivity contribution in [3.8, 4) is 0 Å². The fraction of sp³-hybridized carbons (Fsp3) is 0.318. The van der Waals surface area contributed by atoms with Gasteiger partial charge in [-0.25, -0.2) is 0 Å². The molecule has 4 rings (SSSR count). The average molecular weight is 499 g/mol. The minimum Gasteiger partial charge on any atom is -0.372 e. The number of nitrogens with zero attached hydrogens (tertiary/aromatic N) is 3. The summed E-state index contributed by atoms with van der Waals surface area (Å²) in [6.45, 7) is 6.41. The van der Waals surface area contributed by atoms with E-state index < -0.39 is 18.2 Å². The van der Waals surface area contributed by atoms with Crippen molar-refractivity contribution < 1.29 is 22.8 Å². The highest BCUT2D eigenvalue weighted by molar-refractivity contribution is 6.34. The predicted octanol–water partition coefficient (Wildman–Crippen LogP) is 5.20. The van der Waals surface area contributed by atoms with Crippen LogP contribution in [0.15, 0.2) is 47.8 Å². The van der Waals surface area contributed by atoms with E-state index in [1.54, 1.807) is 24.1 Å². The number of hydrogen-bond donors (Lipinski definition) is 1. The molecule has 1 atom stereocenters. The van der Waals surface area contributed by atoms with Gasteiger partial charge < -0.3 is 15.1 Å². The van der Waals surface area contributed by atoms with E-state index in [0.717, 1.165) is 16.7 Å². The Morgan fingerprint density at radius 1 is 1.21 bits per heavy atom. The number of oxime groups is 1. The molecule has 33 heavy (non-hydrogen) atoms. The number of halogens is 5. The Labute approximate surface area is 198 Å². The SMILES string of the molecule is C=C(C)CNC(=O)c1cc2c(cn1)CN(C1=NOC(c3cc(Cl)cc(Cl)c3)(C(F)(F)F)C1)C2. The van der Waals surface area contributed by atoms with Gasteiger partial charge in [-0.3, -0.25) is 9.78 Å². The van der Waals surface area contributed by atoms with E-state index in [2.05, 4.69) is 22.0 Å². The normalized spacial score (nSPS) is 19.7. The Morgan fingerprint density at radius 3 is 2.52 bits per heavy atom. The first-order chi connectivity index (χ1) is 15.5. The van der Waals surface area contributed by atoms with Crippen molar-refractivity contribution >= 4 is 34.9 Å². The summed E-state index contributed by atoms with van der Waals surface area (Å²) in [7, 11) is 0. The van der Waals surface area contributed by atoms with Gasteiger partial charge in [0.1, 0.15) is 11.5 Å². The van der Waals surface area contributed by atoms with Crippen LogP contribution < -0.4 is 5.32 Å². The quantitative estimate of drug-likeness (QED) is 0.588. The molecule has 1 N–H and O–H groups in total. The van der Waals surface area contributed by atoms with Crippen LogP contribution in [0.1, 0.15) is 40.5 Å². The molecule has 0 saturated carbocycles. The van der Waals surface area contributed by atoms with Crippen LogP contribution in [0.25, 0.3) is 0 Å². The van der Waals surface area contributed by atoms with Gasteiger partial charge in [-0.05, 0) is 42.3 Å². The molecule has 2 aliphatic heterocycles. The second-order valence-corrected chi connectivity index (χ2v) is 8.97. The lowest BCUT2D eigenvalue weighted by Gasteiger charge is -2.30. The summed E-state index contributed by atoms with van der Waals surface area (Å²) in [5, 5.41) is 6.63. The highest BCUT2D eigenvalue weighted by Crippen LogP contribution is 2.49. The van der Waals surface area contributed by atoms with Crippen molar-refractivity contribution in [3.63, 3.8) is 0 Å². The van der Waals surface area contributed by atoms with Gasteiger partial charge in [0, 0.05) is 41.4 Å². The zero-order chi connectivity index (χ0) is 24.0. The van der Waals surface area contributed by atoms with E-state index >= 15 is 0 Å². The topological polar surface area (TPSA) is 66.8 Å². The molecule has 6 nitrogen and oxygen atoms in total. The second kappa shape index (κ2) is 8.53. The molecule has 0 aliphatic carbocycles. The number of alkyl halides is 3. The first-order valence-electron chi connectivity index (χ1n) is 9.92. The van der Waals surface area contributed by atoms with Gasteiger partial charge in [-0.2, -0.15) is 13.2 Å². The number of amides is 1. The summed E-state index contributed by atoms with van der Waals surface area (Å²) in [6.07, 6.45) is -3.76. The number of amidine groups is 1. The molecular weight excluding hydrogens is 480 g/mol. The van der Waals surface area contributed by atoms with Gasteiger partial charge in [-0.15, -0.1) is 0 Å². The number of pyridine rings is 1. The molecule has 1 amide bonds. The Bertz CT molecular complexity index is 1150. The standard InChI is InChI=1S/C22H19Cl2F3N4O2/c1-12(2)8-29-20(32)18-3-13-10-31(11-14(13)9-28-18)19-7-21(33-30-19,22(25,26)27)15-4-16(23)6-17(24)5-15/h3-6,9H,1,7-8,10-11H2,2H3,(H,29,32). The van der Waals surface area contributed by atoms with E-state index in [-0.39, 0.29) is 39.6 Å². The van der Waals surface area contributed by atoms with E-state index in [0.29, 0.717) is 13.1 Å². The van der Waals surface area contributed by atoms with Crippen LogP contribution in [0.3, 0.4) is 0 Å². The lowest BCUT2D eigenvalue weighted by molar-refractivity contribution is -0.275. The molecule has 1 unspecified atom stereocenters. The molecule has 0 spiro atoms. The van der Waals surface area contributed by atoms with Crippen LogP contribution in [0.5, 0.6) is 0 Å². The zero-order valence-corrected chi connectivity index (χ0v) is 19.0. The Morgan fingerprint density at radius 2 is 1.88 bits per heavy atom. The van der Waals surface area contributed by atoms with Crippen molar-refractivity contribution in [2.45, 2.75) is 38.2 Å². The summed E-state index contributed by atoms with van der Waals surface area (Å²) < 4.78 is 42.6. The summed E-state index contributed by atoms with van der Waals surface area (Å²) in [5.74, 6) is -0.220. The number of carbonyl (C=O) groups excluding carboxylic acids is 1. The summed E-state index contributed by atoms with van der Waals surface area (Å²) >= 11 is 11.9. The minimum absolute atomic E-state index is 0.0651. The van der Waals surface area contributed by atoms with Gasteiger partial charge in [0.2, 0.25) is 0 Å². The van der Waals surface area contributed by atoms with Crippen LogP contribution in [0, 0.1) is 0 Å². The van der Waals surface area contributed by atoms with Crippen molar-refractivity contribution in [2.75, 3.05) is 6.54 Å². The van der Waals surface area contributed by atoms with E-state index in [1.807, 2.05) is 0 Å². The fourth-order valence-corrected chi connectivity index (χ4v) is 4.28. The highest BCUT2D eigenvalue weighted by Gasteiger charge is 2.63. The number of benzene rings is 1. The first-order valence-corrected chi connectivity index (χ1v) is 10.7. The van der Waals surface area contributed by atoms with Crippen LogP contribution in [0.4, 0.5) is 13.2 Å². The molecule has 174 valence electrons. The molecule has 0 bridgehead atoms. The summed E-state index contributed by atoms with van der Waals surface area (Å²) in [5.41, 5.74) is -0.324. The van der Waals surface area contributed by atoms with Gasteiger partial charge in [0.15, 0.2) is 0 Å². The first kappa shape index (κ1) is 23.4. The average Bonchev–Trinajstić information content (AvgIpc) is 3.35. The highest BCUT2D eigenvalue weighted by atomic mass is 35.5. The molecular formula is C22H19Cl2F3N4O2. The Balaban J connectivity index is 1.54. The maximum absolute atomic E-state index is 14.2. The van der Waals surface area contributed by atoms with Crippen LogP contribution in [0.2, 0.25) is 10.0 Å². The van der Waals surface area contributed by atoms with E-state index in [1.165, 1.54) is 18.2 Å². The van der Waals surface area contributed by atoms with E-state index in [4.69, 9.17) is 28.0 Å². The number of aromatic nitrogens is 1. The lowest BCUT2D eigenvalue weighted by Crippen LogP contribution is -2.43. The van der Waals surface area contributed by atoms with E-state index in [9.17, 15) is 18.0 Å². The molecule has 3 heterocycles. The van der Waals surface area contributed by atoms with Crippen LogP contribution in [-0.4, -0.2) is 34.3 Å². The molecule has 2 aromatic rings. The maximum atomic E-state index is 14.2. The van der Waals surface area contributed by atoms with Gasteiger partial charge in [0.25, 0.3) is 11.5 Å². The Kier molecular flexibility index (Phi) is 6.05. The van der Waals surface area contributed by atoms with Crippen LogP contribution >= 0.6 is 23.2 Å². The molecule has 0 fully saturated rings. The number of nitrogens with one attached hydrogen (secondary N) is 1. The monoisotopic (exact) mass is 498 g/mol. The van der Waals surface area contributed by atoms with Gasteiger partial charge in [-0.1, -0.05) is 40.5 Å². The van der Waals surface area contributed by atoms with Crippen LogP contribution in [-0.2, 0) is 23.5 Å². The summed E-state index contributed by atoms with van der Waals surface area (Å²) in [4.78, 5) is 23.2. The molecule has 1 aromatic carbocycles. The predicted molar refractivity (Wildman–Crippen MR) is 118 cm³/mol. The molecule has 0 saturated heterocycles. The third kappa shape index (κ3) is 4.52. The molecule has 1 aromatic heterocycles. The summed E-state index contributed by atoms with van der Waals surface area (Å²) in [6, 6.07) is 5.34. The largest absolute Gasteiger partial charge is 0.435 e. The van der Waals surface area contributed by atoms with Gasteiger partial charge in [0.05, 0.1) is 6.42 Å². The molecule has 0 radical (unpaired) electrons. The zero-order valence-electron chi connectivity index (χ0n) is 17.5. The number of carbonyl (C=O) groups is 1. The Hall–Kier alpha value is -2.78. The minimum atomic E-state index is -4.77. The third-order valence-electron chi connectivity index (χ3n) is 5.45.